The summed E-state index contributed by atoms with van der Waals surface area (Å²) in [5.41, 5.74) is -0.0588. The maximum absolute atomic E-state index is 12.4. The molecule has 9 heteroatoms. The predicted molar refractivity (Wildman–Crippen MR) is 94.3 cm³/mol. The molecule has 3 rings (SSSR count). The minimum absolute atomic E-state index is 0.00644. The number of hydrogen-bond acceptors (Lipinski definition) is 6. The summed E-state index contributed by atoms with van der Waals surface area (Å²) >= 11 is 6.01. The molecule has 1 aromatic carbocycles. The molecule has 1 aromatic heterocycles. The Labute approximate surface area is 154 Å². The van der Waals surface area contributed by atoms with Crippen LogP contribution in [-0.2, 0) is 0 Å². The molecule has 26 heavy (non-hydrogen) atoms. The highest BCUT2D eigenvalue weighted by molar-refractivity contribution is 6.33. The number of non-ortho nitro benzene ring substituents is 1. The van der Waals surface area contributed by atoms with E-state index in [2.05, 4.69) is 15.3 Å². The number of ether oxygens (including phenoxy) is 1. The van der Waals surface area contributed by atoms with Crippen molar-refractivity contribution in [3.63, 3.8) is 0 Å². The number of nitrogens with one attached hydrogen (secondary N) is 1. The van der Waals surface area contributed by atoms with Crippen molar-refractivity contribution in [2.24, 2.45) is 0 Å². The number of carbonyl (C=O) groups excluding carboxylic acids is 1. The molecular formula is C17H17ClN4O4. The van der Waals surface area contributed by atoms with E-state index in [1.165, 1.54) is 18.2 Å². The number of rotatable bonds is 5. The molecule has 1 N–H and O–H groups in total. The third-order valence-corrected chi connectivity index (χ3v) is 4.56. The summed E-state index contributed by atoms with van der Waals surface area (Å²) in [5.74, 6) is -0.408. The van der Waals surface area contributed by atoms with Gasteiger partial charge in [0.25, 0.3) is 11.6 Å². The van der Waals surface area contributed by atoms with Crippen LogP contribution in [0.2, 0.25) is 5.02 Å². The Morgan fingerprint density at radius 2 is 1.92 bits per heavy atom. The fourth-order valence-corrected chi connectivity index (χ4v) is 3.09. The Morgan fingerprint density at radius 3 is 2.58 bits per heavy atom. The number of hydrogen-bond donors (Lipinski definition) is 1. The van der Waals surface area contributed by atoms with Crippen LogP contribution in [0.3, 0.4) is 0 Å². The molecule has 1 saturated carbocycles. The summed E-state index contributed by atoms with van der Waals surface area (Å²) < 4.78 is 5.72. The number of nitro benzene ring substituents is 1. The summed E-state index contributed by atoms with van der Waals surface area (Å²) in [7, 11) is 0. The first-order valence-corrected chi connectivity index (χ1v) is 8.59. The molecule has 1 heterocycles. The van der Waals surface area contributed by atoms with Gasteiger partial charge in [-0.2, -0.15) is 0 Å². The van der Waals surface area contributed by atoms with Crippen molar-refractivity contribution in [2.75, 3.05) is 0 Å². The topological polar surface area (TPSA) is 107 Å². The highest BCUT2D eigenvalue weighted by atomic mass is 35.5. The van der Waals surface area contributed by atoms with E-state index in [-0.39, 0.29) is 28.4 Å². The number of nitrogens with zero attached hydrogens (tertiary/aromatic N) is 3. The maximum Gasteiger partial charge on any atom is 0.316 e. The van der Waals surface area contributed by atoms with Crippen molar-refractivity contribution in [3.05, 3.63) is 57.4 Å². The van der Waals surface area contributed by atoms with Crippen LogP contribution >= 0.6 is 11.6 Å². The minimum atomic E-state index is -0.554. The molecule has 1 amide bonds. The van der Waals surface area contributed by atoms with Gasteiger partial charge in [-0.1, -0.05) is 11.6 Å². The van der Waals surface area contributed by atoms with Crippen molar-refractivity contribution in [1.82, 2.24) is 15.3 Å². The fourth-order valence-electron chi connectivity index (χ4n) is 2.88. The normalized spacial score (nSPS) is 19.6. The summed E-state index contributed by atoms with van der Waals surface area (Å²) in [6.07, 6.45) is 6.23. The van der Waals surface area contributed by atoms with E-state index in [1.54, 1.807) is 18.5 Å². The lowest BCUT2D eigenvalue weighted by molar-refractivity contribution is -0.384. The number of amides is 1. The first kappa shape index (κ1) is 18.1. The van der Waals surface area contributed by atoms with Crippen LogP contribution in [-0.4, -0.2) is 32.9 Å². The van der Waals surface area contributed by atoms with Crippen LogP contribution in [0.5, 0.6) is 6.01 Å². The van der Waals surface area contributed by atoms with Gasteiger partial charge < -0.3 is 10.1 Å². The summed E-state index contributed by atoms with van der Waals surface area (Å²) in [5, 5.41) is 14.0. The molecule has 0 aliphatic heterocycles. The van der Waals surface area contributed by atoms with E-state index in [1.807, 2.05) is 0 Å². The second-order valence-electron chi connectivity index (χ2n) is 6.02. The van der Waals surface area contributed by atoms with E-state index in [9.17, 15) is 14.9 Å². The molecule has 1 aliphatic rings. The van der Waals surface area contributed by atoms with Crippen LogP contribution < -0.4 is 10.1 Å². The quantitative estimate of drug-likeness (QED) is 0.634. The van der Waals surface area contributed by atoms with Crippen LogP contribution in [0, 0.1) is 10.1 Å². The fraction of sp³-hybridized carbons (Fsp3) is 0.353. The molecule has 0 radical (unpaired) electrons. The van der Waals surface area contributed by atoms with Crippen molar-refractivity contribution < 1.29 is 14.5 Å². The van der Waals surface area contributed by atoms with Crippen molar-refractivity contribution >= 4 is 23.2 Å². The van der Waals surface area contributed by atoms with Gasteiger partial charge in [0.1, 0.15) is 6.10 Å². The molecule has 0 unspecified atom stereocenters. The summed E-state index contributed by atoms with van der Waals surface area (Å²) in [4.78, 5) is 30.8. The Hall–Kier alpha value is -2.74. The monoisotopic (exact) mass is 376 g/mol. The third-order valence-electron chi connectivity index (χ3n) is 4.23. The van der Waals surface area contributed by atoms with E-state index < -0.39 is 10.8 Å². The van der Waals surface area contributed by atoms with Crippen LogP contribution in [0.25, 0.3) is 0 Å². The van der Waals surface area contributed by atoms with Gasteiger partial charge in [0.2, 0.25) is 0 Å². The molecule has 0 atom stereocenters. The molecule has 0 spiro atoms. The molecule has 1 aliphatic carbocycles. The van der Waals surface area contributed by atoms with Gasteiger partial charge in [-0.15, -0.1) is 0 Å². The standard InChI is InChI=1S/C17H17ClN4O4/c18-15-7-4-12(22(24)25)10-14(15)16(23)21-11-2-5-13(6-3-11)26-17-19-8-1-9-20-17/h1,4,7-11,13H,2-3,5-6H2,(H,21,23). The molecule has 136 valence electrons. The van der Waals surface area contributed by atoms with Gasteiger partial charge in [0.05, 0.1) is 15.5 Å². The van der Waals surface area contributed by atoms with Crippen molar-refractivity contribution in [3.8, 4) is 6.01 Å². The zero-order valence-corrected chi connectivity index (χ0v) is 14.6. The van der Waals surface area contributed by atoms with Crippen LogP contribution in [0.4, 0.5) is 5.69 Å². The summed E-state index contributed by atoms with van der Waals surface area (Å²) in [6.45, 7) is 0. The van der Waals surface area contributed by atoms with Crippen LogP contribution in [0.1, 0.15) is 36.0 Å². The average Bonchev–Trinajstić information content (AvgIpc) is 2.64. The Bertz CT molecular complexity index is 795. The molecule has 8 nitrogen and oxygen atoms in total. The predicted octanol–water partition coefficient (Wildman–Crippen LogP) is 3.16. The average molecular weight is 377 g/mol. The lowest BCUT2D eigenvalue weighted by Crippen LogP contribution is -2.39. The second-order valence-corrected chi connectivity index (χ2v) is 6.42. The van der Waals surface area contributed by atoms with E-state index in [0.29, 0.717) is 6.01 Å². The van der Waals surface area contributed by atoms with Gasteiger partial charge in [-0.3, -0.25) is 14.9 Å². The highest BCUT2D eigenvalue weighted by Crippen LogP contribution is 2.25. The second kappa shape index (κ2) is 8.09. The SMILES string of the molecule is O=C(NC1CCC(Oc2ncccn2)CC1)c1cc([N+](=O)[O-])ccc1Cl. The zero-order valence-electron chi connectivity index (χ0n) is 13.8. The Morgan fingerprint density at radius 1 is 1.23 bits per heavy atom. The number of nitro groups is 1. The maximum atomic E-state index is 12.4. The van der Waals surface area contributed by atoms with Crippen LogP contribution in [0.15, 0.2) is 36.7 Å². The van der Waals surface area contributed by atoms with E-state index in [0.717, 1.165) is 25.7 Å². The largest absolute Gasteiger partial charge is 0.460 e. The van der Waals surface area contributed by atoms with Crippen molar-refractivity contribution in [1.29, 1.82) is 0 Å². The first-order valence-electron chi connectivity index (χ1n) is 8.21. The molecule has 2 aromatic rings. The molecule has 1 fully saturated rings. The number of carbonyl (C=O) groups is 1. The van der Waals surface area contributed by atoms with Crippen molar-refractivity contribution in [2.45, 2.75) is 37.8 Å². The number of halogens is 1. The Kier molecular flexibility index (Phi) is 5.62. The van der Waals surface area contributed by atoms with Gasteiger partial charge in [0, 0.05) is 30.6 Å². The lowest BCUT2D eigenvalue weighted by Gasteiger charge is -2.28. The van der Waals surface area contributed by atoms with Gasteiger partial charge in [-0.05, 0) is 37.8 Å². The minimum Gasteiger partial charge on any atom is -0.460 e. The molecule has 0 saturated heterocycles. The van der Waals surface area contributed by atoms with Gasteiger partial charge in [0.15, 0.2) is 0 Å². The molecular weight excluding hydrogens is 360 g/mol. The van der Waals surface area contributed by atoms with Gasteiger partial charge >= 0.3 is 6.01 Å². The third kappa shape index (κ3) is 4.45. The number of benzene rings is 1. The van der Waals surface area contributed by atoms with E-state index >= 15 is 0 Å². The zero-order chi connectivity index (χ0) is 18.5. The Balaban J connectivity index is 1.55. The first-order chi connectivity index (χ1) is 12.5. The smallest absolute Gasteiger partial charge is 0.316 e. The lowest BCUT2D eigenvalue weighted by atomic mass is 9.92. The molecule has 0 bridgehead atoms. The highest BCUT2D eigenvalue weighted by Gasteiger charge is 2.25. The number of aromatic nitrogens is 2. The van der Waals surface area contributed by atoms with E-state index in [4.69, 9.17) is 16.3 Å². The van der Waals surface area contributed by atoms with Gasteiger partial charge in [-0.25, -0.2) is 9.97 Å². The summed E-state index contributed by atoms with van der Waals surface area (Å²) in [6, 6.07) is 5.86.